The van der Waals surface area contributed by atoms with Crippen molar-refractivity contribution in [2.75, 3.05) is 12.4 Å². The number of halogens is 2. The lowest BCUT2D eigenvalue weighted by Gasteiger charge is -2.17. The van der Waals surface area contributed by atoms with Gasteiger partial charge in [0.05, 0.1) is 24.5 Å². The molecule has 37 heavy (non-hydrogen) atoms. The van der Waals surface area contributed by atoms with Gasteiger partial charge in [0.2, 0.25) is 5.91 Å². The highest BCUT2D eigenvalue weighted by Gasteiger charge is 2.18. The number of amides is 1. The minimum absolute atomic E-state index is 0.0208. The van der Waals surface area contributed by atoms with Gasteiger partial charge in [-0.25, -0.2) is 13.8 Å². The second-order valence-electron chi connectivity index (χ2n) is 8.55. The first-order valence-electron chi connectivity index (χ1n) is 11.6. The highest BCUT2D eigenvalue weighted by Crippen LogP contribution is 2.26. The molecule has 4 rings (SSSR count). The van der Waals surface area contributed by atoms with Gasteiger partial charge in [-0.05, 0) is 68.4 Å². The fourth-order valence-electron chi connectivity index (χ4n) is 3.75. The molecule has 0 aliphatic carbocycles. The molecule has 0 radical (unpaired) electrons. The Morgan fingerprint density at radius 1 is 1.03 bits per heavy atom. The molecule has 3 aromatic carbocycles. The third-order valence-corrected chi connectivity index (χ3v) is 5.86. The summed E-state index contributed by atoms with van der Waals surface area (Å²) in [5.41, 5.74) is 2.10. The highest BCUT2D eigenvalue weighted by atomic mass is 19.1. The van der Waals surface area contributed by atoms with Crippen molar-refractivity contribution in [2.24, 2.45) is 0 Å². The second kappa shape index (κ2) is 11.1. The standard InChI is InChI=1S/C28H26F2N4O3/c1-17-6-4-5-7-24(17)25-15-32-26(33-27(35)18(2)31-3)28(36)34(25)16-19-12-21(30)14-23(13-19)37-22-10-8-20(29)9-11-22/h4-15,18,31H,16H2,1-3H3,(H,32,33,35). The molecule has 0 aliphatic rings. The van der Waals surface area contributed by atoms with E-state index < -0.39 is 29.1 Å². The molecule has 0 spiro atoms. The van der Waals surface area contributed by atoms with Crippen LogP contribution in [0.3, 0.4) is 0 Å². The number of ether oxygens (including phenoxy) is 1. The molecule has 0 saturated heterocycles. The molecule has 2 N–H and O–H groups in total. The summed E-state index contributed by atoms with van der Waals surface area (Å²) in [7, 11) is 1.63. The summed E-state index contributed by atoms with van der Waals surface area (Å²) in [5, 5.41) is 5.38. The number of hydrogen-bond donors (Lipinski definition) is 2. The second-order valence-corrected chi connectivity index (χ2v) is 8.55. The number of aromatic nitrogens is 2. The predicted molar refractivity (Wildman–Crippen MR) is 138 cm³/mol. The van der Waals surface area contributed by atoms with E-state index in [1.165, 1.54) is 47.2 Å². The van der Waals surface area contributed by atoms with Gasteiger partial charge >= 0.3 is 0 Å². The monoisotopic (exact) mass is 504 g/mol. The number of benzene rings is 3. The van der Waals surface area contributed by atoms with Crippen molar-refractivity contribution >= 4 is 11.7 Å². The van der Waals surface area contributed by atoms with Crippen molar-refractivity contribution in [1.82, 2.24) is 14.9 Å². The average molecular weight is 505 g/mol. The lowest BCUT2D eigenvalue weighted by atomic mass is 10.1. The third-order valence-electron chi connectivity index (χ3n) is 5.86. The van der Waals surface area contributed by atoms with E-state index in [9.17, 15) is 18.4 Å². The zero-order chi connectivity index (χ0) is 26.5. The molecule has 1 atom stereocenters. The number of likely N-dealkylation sites (N-methyl/N-ethyl adjacent to an activating group) is 1. The molecule has 9 heteroatoms. The van der Waals surface area contributed by atoms with E-state index in [0.717, 1.165) is 11.1 Å². The maximum Gasteiger partial charge on any atom is 0.294 e. The average Bonchev–Trinajstić information content (AvgIpc) is 2.87. The summed E-state index contributed by atoms with van der Waals surface area (Å²) in [4.78, 5) is 30.2. The molecule has 0 fully saturated rings. The number of nitrogens with zero attached hydrogens (tertiary/aromatic N) is 2. The van der Waals surface area contributed by atoms with Gasteiger partial charge in [-0.1, -0.05) is 24.3 Å². The number of rotatable bonds is 8. The van der Waals surface area contributed by atoms with Crippen molar-refractivity contribution in [3.05, 3.63) is 106 Å². The number of nitrogens with one attached hydrogen (secondary N) is 2. The molecular weight excluding hydrogens is 478 g/mol. The lowest BCUT2D eigenvalue weighted by Crippen LogP contribution is -2.38. The summed E-state index contributed by atoms with van der Waals surface area (Å²) in [6, 6.07) is 16.4. The van der Waals surface area contributed by atoms with E-state index in [2.05, 4.69) is 15.6 Å². The Kier molecular flexibility index (Phi) is 7.74. The molecule has 4 aromatic rings. The minimum atomic E-state index is -0.564. The lowest BCUT2D eigenvalue weighted by molar-refractivity contribution is -0.117. The van der Waals surface area contributed by atoms with Crippen LogP contribution in [0.5, 0.6) is 11.5 Å². The first-order valence-corrected chi connectivity index (χ1v) is 11.6. The SMILES string of the molecule is CNC(C)C(=O)Nc1ncc(-c2ccccc2C)n(Cc2cc(F)cc(Oc3ccc(F)cc3)c2)c1=O. The molecule has 1 heterocycles. The Morgan fingerprint density at radius 3 is 2.46 bits per heavy atom. The largest absolute Gasteiger partial charge is 0.457 e. The first-order chi connectivity index (χ1) is 17.7. The summed E-state index contributed by atoms with van der Waals surface area (Å²) < 4.78 is 34.9. The van der Waals surface area contributed by atoms with E-state index >= 15 is 0 Å². The summed E-state index contributed by atoms with van der Waals surface area (Å²) in [6.45, 7) is 3.54. The zero-order valence-corrected chi connectivity index (χ0v) is 20.6. The van der Waals surface area contributed by atoms with Crippen LogP contribution in [-0.2, 0) is 11.3 Å². The number of carbonyl (C=O) groups is 1. The van der Waals surface area contributed by atoms with E-state index in [0.29, 0.717) is 17.0 Å². The summed E-state index contributed by atoms with van der Waals surface area (Å²) in [5.74, 6) is -1.00. The van der Waals surface area contributed by atoms with Gasteiger partial charge in [-0.3, -0.25) is 14.2 Å². The number of hydrogen-bond acceptors (Lipinski definition) is 5. The number of anilines is 1. The van der Waals surface area contributed by atoms with Gasteiger partial charge in [-0.2, -0.15) is 0 Å². The first kappa shape index (κ1) is 25.7. The molecule has 1 amide bonds. The van der Waals surface area contributed by atoms with Crippen molar-refractivity contribution in [2.45, 2.75) is 26.4 Å². The van der Waals surface area contributed by atoms with Crippen LogP contribution in [0.1, 0.15) is 18.1 Å². The maximum absolute atomic E-state index is 14.6. The molecule has 0 aliphatic heterocycles. The van der Waals surface area contributed by atoms with E-state index in [4.69, 9.17) is 4.74 Å². The topological polar surface area (TPSA) is 85.2 Å². The van der Waals surface area contributed by atoms with Gasteiger partial charge in [0.1, 0.15) is 23.1 Å². The Morgan fingerprint density at radius 2 is 1.76 bits per heavy atom. The van der Waals surface area contributed by atoms with Crippen molar-refractivity contribution in [3.8, 4) is 22.8 Å². The number of carbonyl (C=O) groups excluding carboxylic acids is 1. The van der Waals surface area contributed by atoms with Crippen LogP contribution in [0.25, 0.3) is 11.3 Å². The molecule has 0 saturated carbocycles. The predicted octanol–water partition coefficient (Wildman–Crippen LogP) is 4.88. The summed E-state index contributed by atoms with van der Waals surface area (Å²) >= 11 is 0. The smallest absolute Gasteiger partial charge is 0.294 e. The Balaban J connectivity index is 1.76. The van der Waals surface area contributed by atoms with Crippen LogP contribution >= 0.6 is 0 Å². The number of aryl methyl sites for hydroxylation is 1. The van der Waals surface area contributed by atoms with Crippen molar-refractivity contribution < 1.29 is 18.3 Å². The molecule has 1 unspecified atom stereocenters. The van der Waals surface area contributed by atoms with Gasteiger partial charge < -0.3 is 15.4 Å². The molecule has 7 nitrogen and oxygen atoms in total. The Labute approximate surface area is 212 Å². The normalized spacial score (nSPS) is 11.7. The van der Waals surface area contributed by atoms with Crippen molar-refractivity contribution in [1.29, 1.82) is 0 Å². The zero-order valence-electron chi connectivity index (χ0n) is 20.6. The molecule has 1 aromatic heterocycles. The minimum Gasteiger partial charge on any atom is -0.457 e. The van der Waals surface area contributed by atoms with E-state index in [1.54, 1.807) is 20.0 Å². The Hall–Kier alpha value is -4.37. The molecular formula is C28H26F2N4O3. The Bertz CT molecular complexity index is 1490. The van der Waals surface area contributed by atoms with Crippen LogP contribution in [0, 0.1) is 18.6 Å². The van der Waals surface area contributed by atoms with E-state index in [-0.39, 0.29) is 18.1 Å². The van der Waals surface area contributed by atoms with Gasteiger partial charge in [0.15, 0.2) is 5.82 Å². The van der Waals surface area contributed by atoms with Gasteiger partial charge in [-0.15, -0.1) is 0 Å². The van der Waals surface area contributed by atoms with Crippen LogP contribution in [-0.4, -0.2) is 28.5 Å². The van der Waals surface area contributed by atoms with Crippen LogP contribution in [0.15, 0.2) is 77.7 Å². The van der Waals surface area contributed by atoms with Gasteiger partial charge in [0, 0.05) is 11.6 Å². The molecule has 190 valence electrons. The quantitative estimate of drug-likeness (QED) is 0.357. The summed E-state index contributed by atoms with van der Waals surface area (Å²) in [6.07, 6.45) is 1.51. The van der Waals surface area contributed by atoms with Crippen LogP contribution in [0.4, 0.5) is 14.6 Å². The van der Waals surface area contributed by atoms with E-state index in [1.807, 2.05) is 31.2 Å². The van der Waals surface area contributed by atoms with Gasteiger partial charge in [0.25, 0.3) is 5.56 Å². The highest BCUT2D eigenvalue weighted by molar-refractivity contribution is 5.93. The van der Waals surface area contributed by atoms with Crippen LogP contribution in [0.2, 0.25) is 0 Å². The fraction of sp³-hybridized carbons (Fsp3) is 0.179. The fourth-order valence-corrected chi connectivity index (χ4v) is 3.75. The third kappa shape index (κ3) is 6.07. The van der Waals surface area contributed by atoms with Crippen LogP contribution < -0.4 is 20.9 Å². The molecule has 0 bridgehead atoms. The van der Waals surface area contributed by atoms with Crippen molar-refractivity contribution in [3.63, 3.8) is 0 Å². The maximum atomic E-state index is 14.6.